The number of nitrogens with zero attached hydrogens (tertiary/aromatic N) is 2. The number of hydrogen-bond donors (Lipinski definition) is 0. The minimum Gasteiger partial charge on any atom is -0.489 e. The fourth-order valence-corrected chi connectivity index (χ4v) is 8.68. The number of ether oxygens (including phenoxy) is 6. The smallest absolute Gasteiger partial charge is 0.208 e. The molecule has 69 heavy (non-hydrogen) atoms. The summed E-state index contributed by atoms with van der Waals surface area (Å²) in [6.45, 7) is 16.4. The Labute approximate surface area is 407 Å². The first-order valence-electron chi connectivity index (χ1n) is 23.5. The summed E-state index contributed by atoms with van der Waals surface area (Å²) in [5, 5.41) is 0. The van der Waals surface area contributed by atoms with Crippen LogP contribution < -0.4 is 38.2 Å². The van der Waals surface area contributed by atoms with Crippen LogP contribution in [0.15, 0.2) is 182 Å². The molecule has 1 aliphatic heterocycles. The van der Waals surface area contributed by atoms with Gasteiger partial charge in [-0.25, -0.2) is 0 Å². The average molecular weight is 915 g/mol. The van der Waals surface area contributed by atoms with Gasteiger partial charge in [-0.3, -0.25) is 0 Å². The Morgan fingerprint density at radius 3 is 0.797 bits per heavy atom. The Morgan fingerprint density at radius 1 is 0.304 bits per heavy atom. The summed E-state index contributed by atoms with van der Waals surface area (Å²) in [7, 11) is 0. The fourth-order valence-electron chi connectivity index (χ4n) is 8.68. The van der Waals surface area contributed by atoms with Gasteiger partial charge in [0.15, 0.2) is 0 Å². The summed E-state index contributed by atoms with van der Waals surface area (Å²) in [6, 6.07) is 61.1. The molecule has 0 atom stereocenters. The Hall–Kier alpha value is -7.84. The van der Waals surface area contributed by atoms with Crippen molar-refractivity contribution < 1.29 is 28.4 Å². The Kier molecular flexibility index (Phi) is 15.0. The quantitative estimate of drug-likeness (QED) is 0.0749. The zero-order chi connectivity index (χ0) is 47.4. The molecule has 1 heterocycles. The fraction of sp³-hybridized carbons (Fsp3) is 0.197. The highest BCUT2D eigenvalue weighted by Crippen LogP contribution is 2.38. The normalized spacial score (nSPS) is 12.2. The summed E-state index contributed by atoms with van der Waals surface area (Å²) in [5.41, 5.74) is 13.0. The number of rotatable bonds is 20. The molecule has 0 spiro atoms. The lowest BCUT2D eigenvalue weighted by molar-refractivity contribution is 0.281. The third kappa shape index (κ3) is 12.6. The van der Waals surface area contributed by atoms with Gasteiger partial charge in [-0.2, -0.15) is 0 Å². The lowest BCUT2D eigenvalue weighted by Crippen LogP contribution is -2.21. The number of benzene rings is 8. The van der Waals surface area contributed by atoms with Gasteiger partial charge < -0.3 is 38.2 Å². The highest BCUT2D eigenvalue weighted by Gasteiger charge is 2.28. The van der Waals surface area contributed by atoms with E-state index in [4.69, 9.17) is 28.4 Å². The van der Waals surface area contributed by atoms with Crippen LogP contribution in [0.3, 0.4) is 0 Å². The molecular weight excluding hydrogens is 857 g/mol. The Balaban J connectivity index is 0.837. The van der Waals surface area contributed by atoms with Gasteiger partial charge in [-0.1, -0.05) is 121 Å². The summed E-state index contributed by atoms with van der Waals surface area (Å²) >= 11 is 0. The van der Waals surface area contributed by atoms with Gasteiger partial charge in [0, 0.05) is 36.6 Å². The van der Waals surface area contributed by atoms with E-state index in [1.165, 1.54) is 0 Å². The van der Waals surface area contributed by atoms with Gasteiger partial charge >= 0.3 is 0 Å². The van der Waals surface area contributed by atoms with Crippen LogP contribution in [-0.4, -0.2) is 13.1 Å². The van der Waals surface area contributed by atoms with E-state index in [0.717, 1.165) is 115 Å². The predicted molar refractivity (Wildman–Crippen MR) is 274 cm³/mol. The van der Waals surface area contributed by atoms with Gasteiger partial charge in [0.2, 0.25) is 6.67 Å². The van der Waals surface area contributed by atoms with Gasteiger partial charge in [-0.05, 0) is 132 Å². The first-order valence-corrected chi connectivity index (χ1v) is 23.5. The van der Waals surface area contributed by atoms with Crippen molar-refractivity contribution in [3.8, 4) is 34.5 Å². The van der Waals surface area contributed by atoms with E-state index >= 15 is 0 Å². The van der Waals surface area contributed by atoms with Crippen LogP contribution in [0.4, 0.5) is 11.4 Å². The Morgan fingerprint density at radius 2 is 0.536 bits per heavy atom. The summed E-state index contributed by atoms with van der Waals surface area (Å²) in [5.74, 6) is 4.53. The van der Waals surface area contributed by atoms with E-state index in [-0.39, 0.29) is 0 Å². The summed E-state index contributed by atoms with van der Waals surface area (Å²) < 4.78 is 38.0. The molecule has 0 unspecified atom stereocenters. The highest BCUT2D eigenvalue weighted by molar-refractivity contribution is 5.69. The molecule has 8 aromatic carbocycles. The highest BCUT2D eigenvalue weighted by atomic mass is 16.5. The van der Waals surface area contributed by atoms with Crippen LogP contribution in [0.5, 0.6) is 34.5 Å². The maximum Gasteiger partial charge on any atom is 0.208 e. The van der Waals surface area contributed by atoms with E-state index in [1.807, 2.05) is 109 Å². The van der Waals surface area contributed by atoms with Crippen LogP contribution in [0.1, 0.15) is 55.6 Å². The number of anilines is 2. The van der Waals surface area contributed by atoms with Gasteiger partial charge in [0.1, 0.15) is 74.1 Å². The van der Waals surface area contributed by atoms with E-state index in [0.29, 0.717) is 39.6 Å². The molecule has 0 bridgehead atoms. The molecule has 2 radical (unpaired) electrons. The monoisotopic (exact) mass is 914 g/mol. The van der Waals surface area contributed by atoms with Crippen molar-refractivity contribution in [2.75, 3.05) is 22.9 Å². The zero-order valence-electron chi connectivity index (χ0n) is 39.8. The van der Waals surface area contributed by atoms with Crippen LogP contribution in [-0.2, 0) is 39.6 Å². The molecule has 348 valence electrons. The lowest BCUT2D eigenvalue weighted by atomic mass is 10.1. The Bertz CT molecular complexity index is 2560. The van der Waals surface area contributed by atoms with E-state index in [2.05, 4.69) is 117 Å². The molecule has 1 fully saturated rings. The second kappa shape index (κ2) is 22.3. The topological polar surface area (TPSA) is 61.9 Å². The molecule has 0 aromatic heterocycles. The van der Waals surface area contributed by atoms with E-state index in [9.17, 15) is 0 Å². The number of aryl methyl sites for hydroxylation is 4. The molecule has 8 heteroatoms. The van der Waals surface area contributed by atoms with Crippen molar-refractivity contribution in [1.82, 2.24) is 0 Å². The molecule has 8 nitrogen and oxygen atoms in total. The first-order chi connectivity index (χ1) is 33.8. The first kappa shape index (κ1) is 46.3. The van der Waals surface area contributed by atoms with Crippen molar-refractivity contribution in [1.29, 1.82) is 0 Å². The molecule has 0 saturated carbocycles. The summed E-state index contributed by atoms with van der Waals surface area (Å²) in [4.78, 5) is 4.46. The van der Waals surface area contributed by atoms with Crippen LogP contribution in [0, 0.1) is 34.4 Å². The van der Waals surface area contributed by atoms with Crippen molar-refractivity contribution in [2.45, 2.75) is 67.3 Å². The van der Waals surface area contributed by atoms with Crippen LogP contribution in [0.2, 0.25) is 0 Å². The standard InChI is InChI=1S/C61H58N2O6/c1-44-27-54(68-41-52-31-56(64-37-48-17-9-5-10-18-48)35-57(32-52)65-38-49-19-11-6-12-20-49)28-45(2)60(44)62-25-26-63(43-62)61-46(3)29-55(30-47(61)4)69-42-53-33-58(66-39-50-21-13-7-14-22-50)36-59(34-53)67-40-51-23-15-8-16-24-51/h5-24,27-36H,25-26,37-42H2,1-4H3. The third-order valence-corrected chi connectivity index (χ3v) is 11.9. The zero-order valence-corrected chi connectivity index (χ0v) is 39.8. The molecular formula is C61H58N2O6. The average Bonchev–Trinajstić information content (AvgIpc) is 3.84. The van der Waals surface area contributed by atoms with Gasteiger partial charge in [-0.15, -0.1) is 0 Å². The molecule has 8 aromatic rings. The molecule has 0 N–H and O–H groups in total. The van der Waals surface area contributed by atoms with Crippen LogP contribution in [0.25, 0.3) is 0 Å². The molecule has 1 aliphatic rings. The predicted octanol–water partition coefficient (Wildman–Crippen LogP) is 13.7. The summed E-state index contributed by atoms with van der Waals surface area (Å²) in [6.07, 6.45) is 0. The minimum atomic E-state index is 0.357. The second-order valence-corrected chi connectivity index (χ2v) is 17.5. The SMILES string of the molecule is Cc1cc(OCc2cc(OCc3ccccc3)cc(OCc3ccccc3)c2)cc(C)c1N1[C]N(c2c(C)cc(OCc3cc(OCc4ccccc4)cc(OCc4ccccc4)c3)cc2C)CC1. The third-order valence-electron chi connectivity index (χ3n) is 11.9. The van der Waals surface area contributed by atoms with Crippen molar-refractivity contribution in [3.63, 3.8) is 0 Å². The van der Waals surface area contributed by atoms with Crippen LogP contribution >= 0.6 is 0 Å². The maximum absolute atomic E-state index is 6.47. The van der Waals surface area contributed by atoms with Crippen molar-refractivity contribution >= 4 is 11.4 Å². The van der Waals surface area contributed by atoms with E-state index < -0.39 is 0 Å². The molecule has 0 amide bonds. The van der Waals surface area contributed by atoms with Gasteiger partial charge in [0.25, 0.3) is 0 Å². The number of hydrogen-bond acceptors (Lipinski definition) is 8. The molecule has 1 saturated heterocycles. The molecule has 9 rings (SSSR count). The molecule has 0 aliphatic carbocycles. The van der Waals surface area contributed by atoms with Crippen molar-refractivity contribution in [2.24, 2.45) is 0 Å². The van der Waals surface area contributed by atoms with E-state index in [1.54, 1.807) is 0 Å². The minimum absolute atomic E-state index is 0.357. The van der Waals surface area contributed by atoms with Gasteiger partial charge in [0.05, 0.1) is 0 Å². The largest absolute Gasteiger partial charge is 0.489 e. The maximum atomic E-state index is 6.47. The lowest BCUT2D eigenvalue weighted by Gasteiger charge is -2.25. The van der Waals surface area contributed by atoms with Crippen molar-refractivity contribution in [3.05, 3.63) is 244 Å². The second-order valence-electron chi connectivity index (χ2n) is 17.5.